The van der Waals surface area contributed by atoms with Gasteiger partial charge >= 0.3 is 6.09 Å². The van der Waals surface area contributed by atoms with Crippen molar-refractivity contribution in [3.8, 4) is 0 Å². The Bertz CT molecular complexity index is 454. The highest BCUT2D eigenvalue weighted by Gasteiger charge is 2.58. The number of likely N-dealkylation sites (tertiary alicyclic amines) is 1. The Hall–Kier alpha value is -1.30. The van der Waals surface area contributed by atoms with Gasteiger partial charge in [-0.3, -0.25) is 4.79 Å². The molecule has 1 spiro atoms. The molecular weight excluding hydrogens is 296 g/mol. The SMILES string of the molecule is COC(=O)N1CCC(C(C)NC(=O)C2CC23CCOCC3)CC1. The molecule has 0 radical (unpaired) electrons. The lowest BCUT2D eigenvalue weighted by Crippen LogP contribution is -2.46. The molecule has 1 aliphatic carbocycles. The molecule has 3 aliphatic rings. The number of nitrogens with one attached hydrogen (secondary N) is 1. The summed E-state index contributed by atoms with van der Waals surface area (Å²) in [6.45, 7) is 5.11. The second-order valence-electron chi connectivity index (χ2n) is 7.32. The number of nitrogens with zero attached hydrogens (tertiary/aromatic N) is 1. The van der Waals surface area contributed by atoms with Crippen LogP contribution in [-0.4, -0.2) is 56.4 Å². The minimum Gasteiger partial charge on any atom is -0.453 e. The molecule has 6 heteroatoms. The summed E-state index contributed by atoms with van der Waals surface area (Å²) < 4.78 is 10.2. The Morgan fingerprint density at radius 2 is 1.91 bits per heavy atom. The van der Waals surface area contributed by atoms with Crippen LogP contribution in [-0.2, 0) is 14.3 Å². The van der Waals surface area contributed by atoms with Crippen LogP contribution in [0.3, 0.4) is 0 Å². The lowest BCUT2D eigenvalue weighted by Gasteiger charge is -2.34. The Morgan fingerprint density at radius 1 is 1.26 bits per heavy atom. The average Bonchev–Trinajstić information content (AvgIpc) is 3.28. The van der Waals surface area contributed by atoms with Gasteiger partial charge in [0.15, 0.2) is 0 Å². The van der Waals surface area contributed by atoms with Crippen molar-refractivity contribution in [2.75, 3.05) is 33.4 Å². The van der Waals surface area contributed by atoms with Crippen molar-refractivity contribution in [3.63, 3.8) is 0 Å². The first-order chi connectivity index (χ1) is 11.1. The van der Waals surface area contributed by atoms with Crippen LogP contribution in [0.15, 0.2) is 0 Å². The maximum atomic E-state index is 12.5. The Kier molecular flexibility index (Phi) is 4.80. The third-order valence-electron chi connectivity index (χ3n) is 6.04. The second kappa shape index (κ2) is 6.67. The zero-order valence-electron chi connectivity index (χ0n) is 14.2. The van der Waals surface area contributed by atoms with Crippen LogP contribution in [0.2, 0.25) is 0 Å². The summed E-state index contributed by atoms with van der Waals surface area (Å²) in [5, 5.41) is 3.23. The Morgan fingerprint density at radius 3 is 2.52 bits per heavy atom. The molecule has 3 fully saturated rings. The van der Waals surface area contributed by atoms with Gasteiger partial charge in [-0.2, -0.15) is 0 Å². The minimum atomic E-state index is -0.250. The first-order valence-corrected chi connectivity index (χ1v) is 8.77. The van der Waals surface area contributed by atoms with Gasteiger partial charge in [0.1, 0.15) is 0 Å². The van der Waals surface area contributed by atoms with Crippen molar-refractivity contribution in [2.24, 2.45) is 17.3 Å². The maximum Gasteiger partial charge on any atom is 0.409 e. The van der Waals surface area contributed by atoms with Gasteiger partial charge in [0.25, 0.3) is 0 Å². The predicted octanol–water partition coefficient (Wildman–Crippen LogP) is 1.79. The number of carbonyl (C=O) groups excluding carboxylic acids is 2. The molecule has 0 bridgehead atoms. The van der Waals surface area contributed by atoms with E-state index in [-0.39, 0.29) is 29.4 Å². The van der Waals surface area contributed by atoms with E-state index in [1.54, 1.807) is 4.90 Å². The summed E-state index contributed by atoms with van der Waals surface area (Å²) in [5.74, 6) is 0.836. The fourth-order valence-electron chi connectivity index (χ4n) is 4.20. The van der Waals surface area contributed by atoms with E-state index in [1.165, 1.54) is 7.11 Å². The van der Waals surface area contributed by atoms with Gasteiger partial charge < -0.3 is 19.7 Å². The average molecular weight is 324 g/mol. The molecule has 1 saturated carbocycles. The summed E-state index contributed by atoms with van der Waals surface area (Å²) >= 11 is 0. The zero-order chi connectivity index (χ0) is 16.4. The second-order valence-corrected chi connectivity index (χ2v) is 7.32. The molecular formula is C17H28N2O4. The molecule has 6 nitrogen and oxygen atoms in total. The van der Waals surface area contributed by atoms with Gasteiger partial charge in [-0.1, -0.05) is 0 Å². The molecule has 1 N–H and O–H groups in total. The third-order valence-corrected chi connectivity index (χ3v) is 6.04. The van der Waals surface area contributed by atoms with Crippen molar-refractivity contribution >= 4 is 12.0 Å². The van der Waals surface area contributed by atoms with E-state index in [0.717, 1.165) is 45.3 Å². The van der Waals surface area contributed by atoms with Crippen LogP contribution in [0, 0.1) is 17.3 Å². The topological polar surface area (TPSA) is 67.9 Å². The Balaban J connectivity index is 1.44. The summed E-state index contributed by atoms with van der Waals surface area (Å²) in [4.78, 5) is 25.8. The van der Waals surface area contributed by atoms with Crippen LogP contribution >= 0.6 is 0 Å². The van der Waals surface area contributed by atoms with Gasteiger partial charge in [-0.15, -0.1) is 0 Å². The first-order valence-electron chi connectivity index (χ1n) is 8.77. The van der Waals surface area contributed by atoms with Crippen molar-refractivity contribution < 1.29 is 19.1 Å². The summed E-state index contributed by atoms with van der Waals surface area (Å²) in [6.07, 6.45) is 4.66. The summed E-state index contributed by atoms with van der Waals surface area (Å²) in [6, 6.07) is 0.166. The van der Waals surface area contributed by atoms with E-state index in [4.69, 9.17) is 9.47 Å². The van der Waals surface area contributed by atoms with E-state index in [2.05, 4.69) is 12.2 Å². The monoisotopic (exact) mass is 324 g/mol. The highest BCUT2D eigenvalue weighted by atomic mass is 16.5. The number of methoxy groups -OCH3 is 1. The van der Waals surface area contributed by atoms with Crippen molar-refractivity contribution in [3.05, 3.63) is 0 Å². The smallest absolute Gasteiger partial charge is 0.409 e. The largest absolute Gasteiger partial charge is 0.453 e. The highest BCUT2D eigenvalue weighted by Crippen LogP contribution is 2.59. The number of hydrogen-bond donors (Lipinski definition) is 1. The number of ether oxygens (including phenoxy) is 2. The molecule has 2 aliphatic heterocycles. The van der Waals surface area contributed by atoms with Gasteiger partial charge in [-0.05, 0) is 50.4 Å². The molecule has 0 aromatic carbocycles. The van der Waals surface area contributed by atoms with Crippen LogP contribution in [0.1, 0.15) is 39.0 Å². The normalized spacial score (nSPS) is 28.3. The minimum absolute atomic E-state index is 0.166. The molecule has 2 unspecified atom stereocenters. The fraction of sp³-hybridized carbons (Fsp3) is 0.882. The molecule has 0 aromatic heterocycles. The van der Waals surface area contributed by atoms with Crippen molar-refractivity contribution in [2.45, 2.75) is 45.1 Å². The molecule has 23 heavy (non-hydrogen) atoms. The summed E-state index contributed by atoms with van der Waals surface area (Å²) in [7, 11) is 1.42. The highest BCUT2D eigenvalue weighted by molar-refractivity contribution is 5.82. The first kappa shape index (κ1) is 16.6. The molecule has 0 aromatic rings. The van der Waals surface area contributed by atoms with Crippen LogP contribution in [0.5, 0.6) is 0 Å². The van der Waals surface area contributed by atoms with Gasteiger partial charge in [0.2, 0.25) is 5.91 Å². The van der Waals surface area contributed by atoms with E-state index in [9.17, 15) is 9.59 Å². The number of hydrogen-bond acceptors (Lipinski definition) is 4. The molecule has 2 atom stereocenters. The molecule has 2 saturated heterocycles. The van der Waals surface area contributed by atoms with Crippen molar-refractivity contribution in [1.29, 1.82) is 0 Å². The fourth-order valence-corrected chi connectivity index (χ4v) is 4.20. The third kappa shape index (κ3) is 3.47. The van der Waals surface area contributed by atoms with E-state index >= 15 is 0 Å². The van der Waals surface area contributed by atoms with Crippen LogP contribution in [0.4, 0.5) is 4.79 Å². The lowest BCUT2D eigenvalue weighted by atomic mass is 9.89. The summed E-state index contributed by atoms with van der Waals surface area (Å²) in [5.41, 5.74) is 0.232. The van der Waals surface area contributed by atoms with Gasteiger partial charge in [-0.25, -0.2) is 4.79 Å². The molecule has 130 valence electrons. The zero-order valence-corrected chi connectivity index (χ0v) is 14.2. The van der Waals surface area contributed by atoms with Crippen molar-refractivity contribution in [1.82, 2.24) is 10.2 Å². The molecule has 2 amide bonds. The predicted molar refractivity (Wildman–Crippen MR) is 84.9 cm³/mol. The molecule has 3 rings (SSSR count). The number of carbonyl (C=O) groups is 2. The Labute approximate surface area is 137 Å². The van der Waals surface area contributed by atoms with Crippen LogP contribution in [0.25, 0.3) is 0 Å². The number of piperidine rings is 1. The van der Waals surface area contributed by atoms with E-state index < -0.39 is 0 Å². The lowest BCUT2D eigenvalue weighted by molar-refractivity contribution is -0.124. The van der Waals surface area contributed by atoms with Gasteiger partial charge in [0, 0.05) is 38.3 Å². The molecule has 2 heterocycles. The maximum absolute atomic E-state index is 12.5. The standard InChI is InChI=1S/C17H28N2O4/c1-12(13-3-7-19(8-4-13)16(21)22-2)18-15(20)14-11-17(14)5-9-23-10-6-17/h12-14H,3-11H2,1-2H3,(H,18,20). The number of rotatable bonds is 3. The van der Waals surface area contributed by atoms with E-state index in [1.807, 2.05) is 0 Å². The van der Waals surface area contributed by atoms with Crippen LogP contribution < -0.4 is 5.32 Å². The number of amides is 2. The van der Waals surface area contributed by atoms with Gasteiger partial charge in [0.05, 0.1) is 7.11 Å². The van der Waals surface area contributed by atoms with E-state index in [0.29, 0.717) is 19.0 Å². The quantitative estimate of drug-likeness (QED) is 0.859.